The monoisotopic (exact) mass is 731 g/mol. The van der Waals surface area contributed by atoms with E-state index in [0.717, 1.165) is 78.1 Å². The summed E-state index contributed by atoms with van der Waals surface area (Å²) in [6, 6.07) is 64.1. The first-order chi connectivity index (χ1) is 28.1. The van der Waals surface area contributed by atoms with Crippen molar-refractivity contribution in [2.75, 3.05) is 0 Å². The fourth-order valence-corrected chi connectivity index (χ4v) is 7.14. The first kappa shape index (κ1) is 35.1. The summed E-state index contributed by atoms with van der Waals surface area (Å²) in [5.41, 5.74) is 14.1. The summed E-state index contributed by atoms with van der Waals surface area (Å²) in [6.45, 7) is 6.17. The van der Waals surface area contributed by atoms with Gasteiger partial charge in [0.1, 0.15) is 0 Å². The molecule has 0 unspecified atom stereocenters. The van der Waals surface area contributed by atoms with Crippen LogP contribution < -0.4 is 0 Å². The molecule has 9 rings (SSSR count). The van der Waals surface area contributed by atoms with E-state index in [9.17, 15) is 0 Å². The van der Waals surface area contributed by atoms with Gasteiger partial charge in [-0.25, -0.2) is 24.9 Å². The molecule has 0 N–H and O–H groups in total. The van der Waals surface area contributed by atoms with Crippen LogP contribution in [0.25, 0.3) is 96.4 Å². The largest absolute Gasteiger partial charge is 0.228 e. The SMILES string of the molecule is C=Cc1ccccc1-c1ccc(-c2nc(-c3ccccc3)cc(-c3cccc(-c4cccc(-c5nc(-c6ccccc6)nc(-c6ccccc6)n5)c4)c3)n2)cc1C. The van der Waals surface area contributed by atoms with Gasteiger partial charge in [-0.1, -0.05) is 176 Å². The molecule has 7 aromatic carbocycles. The third kappa shape index (κ3) is 7.42. The van der Waals surface area contributed by atoms with Gasteiger partial charge < -0.3 is 0 Å². The van der Waals surface area contributed by atoms with Gasteiger partial charge in [0.05, 0.1) is 11.4 Å². The van der Waals surface area contributed by atoms with E-state index < -0.39 is 0 Å². The van der Waals surface area contributed by atoms with E-state index in [1.54, 1.807) is 0 Å². The van der Waals surface area contributed by atoms with Crippen LogP contribution in [0.2, 0.25) is 0 Å². The normalized spacial score (nSPS) is 11.0. The van der Waals surface area contributed by atoms with Crippen LogP contribution in [0.5, 0.6) is 0 Å². The van der Waals surface area contributed by atoms with Crippen LogP contribution in [0.4, 0.5) is 0 Å². The highest BCUT2D eigenvalue weighted by molar-refractivity contribution is 5.81. The molecule has 0 saturated heterocycles. The molecule has 0 saturated carbocycles. The zero-order valence-corrected chi connectivity index (χ0v) is 31.4. The average Bonchev–Trinajstić information content (AvgIpc) is 3.29. The Kier molecular flexibility index (Phi) is 9.61. The second-order valence-electron chi connectivity index (χ2n) is 13.8. The van der Waals surface area contributed by atoms with Crippen LogP contribution in [-0.4, -0.2) is 24.9 Å². The van der Waals surface area contributed by atoms with E-state index in [4.69, 9.17) is 24.9 Å². The van der Waals surface area contributed by atoms with E-state index in [2.05, 4.69) is 117 Å². The van der Waals surface area contributed by atoms with Crippen molar-refractivity contribution in [3.8, 4) is 90.3 Å². The van der Waals surface area contributed by atoms with Crippen LogP contribution in [0.3, 0.4) is 0 Å². The molecule has 270 valence electrons. The zero-order valence-electron chi connectivity index (χ0n) is 31.4. The molecule has 0 bridgehead atoms. The standard InChI is InChI=1S/C52H37N5/c1-3-36-17-13-14-28-46(36)45-30-29-44(31-35(45)2)51-53-47(37-18-7-4-8-19-37)34-48(54-51)42-26-15-24-40(32-42)41-25-16-27-43(33-41)52-56-49(38-20-9-5-10-21-38)55-50(57-52)39-22-11-6-12-23-39/h3-34H,1H2,2H3. The molecule has 0 aliphatic rings. The number of rotatable bonds is 9. The van der Waals surface area contributed by atoms with Gasteiger partial charge >= 0.3 is 0 Å². The van der Waals surface area contributed by atoms with Gasteiger partial charge in [0.25, 0.3) is 0 Å². The van der Waals surface area contributed by atoms with Crippen molar-refractivity contribution in [1.29, 1.82) is 0 Å². The van der Waals surface area contributed by atoms with Gasteiger partial charge in [0.15, 0.2) is 23.3 Å². The Labute approximate surface area is 332 Å². The number of hydrogen-bond donors (Lipinski definition) is 0. The molecular formula is C52H37N5. The molecule has 0 aliphatic carbocycles. The van der Waals surface area contributed by atoms with Crippen molar-refractivity contribution in [2.24, 2.45) is 0 Å². The topological polar surface area (TPSA) is 64.5 Å². The molecule has 2 heterocycles. The Morgan fingerprint density at radius 3 is 1.37 bits per heavy atom. The van der Waals surface area contributed by atoms with E-state index in [0.29, 0.717) is 23.3 Å². The molecule has 0 spiro atoms. The molecule has 2 aromatic heterocycles. The molecule has 0 amide bonds. The second-order valence-corrected chi connectivity index (χ2v) is 13.8. The highest BCUT2D eigenvalue weighted by Crippen LogP contribution is 2.34. The quantitative estimate of drug-likeness (QED) is 0.148. The number of hydrogen-bond acceptors (Lipinski definition) is 5. The van der Waals surface area contributed by atoms with E-state index >= 15 is 0 Å². The lowest BCUT2D eigenvalue weighted by atomic mass is 9.94. The summed E-state index contributed by atoms with van der Waals surface area (Å²) in [5.74, 6) is 2.55. The van der Waals surface area contributed by atoms with Crippen LogP contribution in [0.1, 0.15) is 11.1 Å². The minimum atomic E-state index is 0.614. The Morgan fingerprint density at radius 2 is 0.772 bits per heavy atom. The van der Waals surface area contributed by atoms with Crippen LogP contribution in [0.15, 0.2) is 195 Å². The predicted octanol–water partition coefficient (Wildman–Crippen LogP) is 12.9. The van der Waals surface area contributed by atoms with Crippen molar-refractivity contribution in [3.05, 3.63) is 206 Å². The summed E-state index contributed by atoms with van der Waals surface area (Å²) in [4.78, 5) is 25.1. The summed E-state index contributed by atoms with van der Waals surface area (Å²) in [5, 5.41) is 0. The van der Waals surface area contributed by atoms with Gasteiger partial charge in [-0.3, -0.25) is 0 Å². The third-order valence-electron chi connectivity index (χ3n) is 10.1. The maximum Gasteiger partial charge on any atom is 0.164 e. The lowest BCUT2D eigenvalue weighted by Gasteiger charge is -2.13. The van der Waals surface area contributed by atoms with Crippen molar-refractivity contribution in [1.82, 2.24) is 24.9 Å². The van der Waals surface area contributed by atoms with Gasteiger partial charge in [0, 0.05) is 33.4 Å². The molecule has 57 heavy (non-hydrogen) atoms. The fraction of sp³-hybridized carbons (Fsp3) is 0.0192. The van der Waals surface area contributed by atoms with Crippen molar-refractivity contribution < 1.29 is 0 Å². The average molecular weight is 732 g/mol. The molecular weight excluding hydrogens is 695 g/mol. The summed E-state index contributed by atoms with van der Waals surface area (Å²) in [6.07, 6.45) is 1.91. The van der Waals surface area contributed by atoms with Crippen molar-refractivity contribution in [3.63, 3.8) is 0 Å². The Morgan fingerprint density at radius 1 is 0.333 bits per heavy atom. The minimum Gasteiger partial charge on any atom is -0.228 e. The van der Waals surface area contributed by atoms with Gasteiger partial charge in [-0.05, 0) is 64.6 Å². The van der Waals surface area contributed by atoms with E-state index in [1.807, 2.05) is 91.0 Å². The van der Waals surface area contributed by atoms with Gasteiger partial charge in [0.2, 0.25) is 0 Å². The lowest BCUT2D eigenvalue weighted by molar-refractivity contribution is 1.07. The maximum atomic E-state index is 5.20. The van der Waals surface area contributed by atoms with Gasteiger partial charge in [-0.2, -0.15) is 0 Å². The van der Waals surface area contributed by atoms with Crippen LogP contribution >= 0.6 is 0 Å². The number of aromatic nitrogens is 5. The maximum absolute atomic E-state index is 5.20. The fourth-order valence-electron chi connectivity index (χ4n) is 7.14. The smallest absolute Gasteiger partial charge is 0.164 e. The number of benzene rings is 7. The van der Waals surface area contributed by atoms with E-state index in [-0.39, 0.29) is 0 Å². The first-order valence-electron chi connectivity index (χ1n) is 19.0. The highest BCUT2D eigenvalue weighted by atomic mass is 15.0. The van der Waals surface area contributed by atoms with Crippen LogP contribution in [0, 0.1) is 6.92 Å². The molecule has 9 aromatic rings. The first-order valence-corrected chi connectivity index (χ1v) is 19.0. The van der Waals surface area contributed by atoms with Crippen molar-refractivity contribution >= 4 is 6.08 Å². The molecule has 0 atom stereocenters. The Bertz CT molecular complexity index is 2810. The molecule has 0 fully saturated rings. The Hall–Kier alpha value is -7.63. The second kappa shape index (κ2) is 15.6. The summed E-state index contributed by atoms with van der Waals surface area (Å²) < 4.78 is 0. The zero-order chi connectivity index (χ0) is 38.6. The number of aryl methyl sites for hydroxylation is 1. The van der Waals surface area contributed by atoms with Crippen molar-refractivity contribution in [2.45, 2.75) is 6.92 Å². The summed E-state index contributed by atoms with van der Waals surface area (Å²) >= 11 is 0. The predicted molar refractivity (Wildman–Crippen MR) is 234 cm³/mol. The molecule has 5 heteroatoms. The molecule has 0 radical (unpaired) electrons. The van der Waals surface area contributed by atoms with Crippen LogP contribution in [-0.2, 0) is 0 Å². The lowest BCUT2D eigenvalue weighted by Crippen LogP contribution is -2.00. The van der Waals surface area contributed by atoms with Gasteiger partial charge in [-0.15, -0.1) is 0 Å². The minimum absolute atomic E-state index is 0.614. The number of nitrogens with zero attached hydrogens (tertiary/aromatic N) is 5. The Balaban J connectivity index is 1.11. The van der Waals surface area contributed by atoms with E-state index in [1.165, 1.54) is 0 Å². The highest BCUT2D eigenvalue weighted by Gasteiger charge is 2.16. The molecule has 0 aliphatic heterocycles. The summed E-state index contributed by atoms with van der Waals surface area (Å²) in [7, 11) is 0. The molecule has 5 nitrogen and oxygen atoms in total. The third-order valence-corrected chi connectivity index (χ3v) is 10.1.